The normalized spacial score (nSPS) is 11.7. The van der Waals surface area contributed by atoms with Gasteiger partial charge >= 0.3 is 0 Å². The predicted molar refractivity (Wildman–Crippen MR) is 117 cm³/mol. The van der Waals surface area contributed by atoms with Gasteiger partial charge in [-0.3, -0.25) is 4.79 Å². The van der Waals surface area contributed by atoms with Gasteiger partial charge in [0.15, 0.2) is 5.65 Å². The molecule has 0 spiro atoms. The summed E-state index contributed by atoms with van der Waals surface area (Å²) in [5, 5.41) is 17.9. The van der Waals surface area contributed by atoms with Crippen molar-refractivity contribution in [3.63, 3.8) is 0 Å². The summed E-state index contributed by atoms with van der Waals surface area (Å²) in [6.07, 6.45) is 2.29. The van der Waals surface area contributed by atoms with Crippen LogP contribution in [0.3, 0.4) is 0 Å². The third kappa shape index (κ3) is 3.16. The number of pyridine rings is 1. The molecule has 0 unspecified atom stereocenters. The van der Waals surface area contributed by atoms with Crippen molar-refractivity contribution in [1.82, 2.24) is 29.3 Å². The Labute approximate surface area is 178 Å². The van der Waals surface area contributed by atoms with E-state index in [2.05, 4.69) is 15.1 Å². The molecule has 152 valence electrons. The van der Waals surface area contributed by atoms with E-state index in [1.165, 1.54) is 27.4 Å². The zero-order valence-electron chi connectivity index (χ0n) is 15.9. The van der Waals surface area contributed by atoms with Gasteiger partial charge in [0.05, 0.1) is 35.4 Å². The molecule has 0 aliphatic rings. The number of nitrogens with zero attached hydrogens (tertiary/aromatic N) is 6. The Bertz CT molecular complexity index is 1450. The minimum absolute atomic E-state index is 0.0574. The molecule has 5 aromatic rings. The maximum absolute atomic E-state index is 13.1. The Balaban J connectivity index is 1.54. The summed E-state index contributed by atoms with van der Waals surface area (Å²) in [5.74, 6) is 0.406. The van der Waals surface area contributed by atoms with Crippen LogP contribution in [0.25, 0.3) is 21.3 Å². The molecule has 0 aromatic carbocycles. The lowest BCUT2D eigenvalue weighted by molar-refractivity contribution is 0.281. The first kappa shape index (κ1) is 18.9. The summed E-state index contributed by atoms with van der Waals surface area (Å²) in [7, 11) is 1.84. The van der Waals surface area contributed by atoms with E-state index in [1.54, 1.807) is 18.3 Å². The molecule has 30 heavy (non-hydrogen) atoms. The molecule has 5 rings (SSSR count). The minimum Gasteiger partial charge on any atom is -0.389 e. The molecule has 0 amide bonds. The van der Waals surface area contributed by atoms with E-state index in [4.69, 9.17) is 10.7 Å². The van der Waals surface area contributed by atoms with Gasteiger partial charge in [-0.25, -0.2) is 19.6 Å². The fraction of sp³-hybridized carbons (Fsp3) is 0.211. The average Bonchev–Trinajstić information content (AvgIpc) is 3.41. The monoisotopic (exact) mass is 439 g/mol. The summed E-state index contributed by atoms with van der Waals surface area (Å²) in [6, 6.07) is 5.32. The van der Waals surface area contributed by atoms with Crippen LogP contribution in [0, 0.1) is 0 Å². The molecule has 0 atom stereocenters. The van der Waals surface area contributed by atoms with E-state index in [-0.39, 0.29) is 18.7 Å². The predicted octanol–water partition coefficient (Wildman–Crippen LogP) is 1.91. The van der Waals surface area contributed by atoms with Crippen molar-refractivity contribution in [2.75, 3.05) is 5.73 Å². The molecule has 5 heterocycles. The lowest BCUT2D eigenvalue weighted by Crippen LogP contribution is -2.25. The standard InChI is InChI=1S/C19H17N7O2S2/c1-25-16-12(6-21-26(19(16)28)7-10-3-2-4-13(20)22-10)17-18(25)24-14(30-17)5-11-9-29-15(8-27)23-11/h2-4,6,9,27H,5,7-8H2,1H3,(H2,20,22). The van der Waals surface area contributed by atoms with Gasteiger partial charge in [0.25, 0.3) is 5.56 Å². The van der Waals surface area contributed by atoms with Crippen molar-refractivity contribution in [2.45, 2.75) is 19.6 Å². The maximum atomic E-state index is 13.1. The molecule has 0 fully saturated rings. The van der Waals surface area contributed by atoms with Gasteiger partial charge in [0.2, 0.25) is 0 Å². The molecule has 0 aliphatic carbocycles. The molecule has 0 saturated carbocycles. The van der Waals surface area contributed by atoms with Crippen molar-refractivity contribution in [2.24, 2.45) is 7.05 Å². The molecule has 3 N–H and O–H groups in total. The highest BCUT2D eigenvalue weighted by Gasteiger charge is 2.19. The third-order valence-corrected chi connectivity index (χ3v) is 6.74. The molecule has 11 heteroatoms. The maximum Gasteiger partial charge on any atom is 0.291 e. The lowest BCUT2D eigenvalue weighted by atomic mass is 10.3. The van der Waals surface area contributed by atoms with Crippen molar-refractivity contribution in [1.29, 1.82) is 0 Å². The number of anilines is 1. The van der Waals surface area contributed by atoms with Crippen LogP contribution >= 0.6 is 22.7 Å². The number of hydrogen-bond donors (Lipinski definition) is 2. The average molecular weight is 440 g/mol. The van der Waals surface area contributed by atoms with Crippen molar-refractivity contribution in [3.05, 3.63) is 61.5 Å². The van der Waals surface area contributed by atoms with E-state index >= 15 is 0 Å². The van der Waals surface area contributed by atoms with Gasteiger partial charge in [-0.2, -0.15) is 5.10 Å². The minimum atomic E-state index is -0.196. The second-order valence-electron chi connectivity index (χ2n) is 6.81. The Morgan fingerprint density at radius 2 is 2.03 bits per heavy atom. The largest absolute Gasteiger partial charge is 0.389 e. The van der Waals surface area contributed by atoms with Crippen LogP contribution < -0.4 is 11.3 Å². The summed E-state index contributed by atoms with van der Waals surface area (Å²) in [6.45, 7) is 0.187. The molecule has 5 aromatic heterocycles. The number of nitrogen functional groups attached to an aromatic ring is 1. The molecule has 0 saturated heterocycles. The number of aliphatic hydroxyl groups is 1. The Morgan fingerprint density at radius 1 is 1.17 bits per heavy atom. The SMILES string of the molecule is Cn1c2nc(Cc3csc(CO)n3)sc2c2cnn(Cc3cccc(N)n3)c(=O)c21. The van der Waals surface area contributed by atoms with Gasteiger partial charge in [-0.15, -0.1) is 22.7 Å². The third-order valence-electron chi connectivity index (χ3n) is 4.78. The molecule has 9 nitrogen and oxygen atoms in total. The van der Waals surface area contributed by atoms with Gasteiger partial charge in [0.1, 0.15) is 21.3 Å². The van der Waals surface area contributed by atoms with Gasteiger partial charge < -0.3 is 15.4 Å². The number of nitrogens with two attached hydrogens (primary N) is 1. The van der Waals surface area contributed by atoms with Crippen molar-refractivity contribution >= 4 is 49.7 Å². The zero-order valence-corrected chi connectivity index (χ0v) is 17.6. The molecule has 0 bridgehead atoms. The highest BCUT2D eigenvalue weighted by molar-refractivity contribution is 7.19. The van der Waals surface area contributed by atoms with Gasteiger partial charge in [-0.1, -0.05) is 6.07 Å². The zero-order chi connectivity index (χ0) is 20.8. The van der Waals surface area contributed by atoms with Crippen LogP contribution in [0.2, 0.25) is 0 Å². The first-order valence-corrected chi connectivity index (χ1v) is 10.8. The first-order valence-electron chi connectivity index (χ1n) is 9.13. The Hall–Kier alpha value is -3.15. The van der Waals surface area contributed by atoms with E-state index in [1.807, 2.05) is 23.1 Å². The molecular formula is C19H17N7O2S2. The van der Waals surface area contributed by atoms with Crippen LogP contribution in [0.1, 0.15) is 21.4 Å². The Morgan fingerprint density at radius 3 is 2.80 bits per heavy atom. The number of aryl methyl sites for hydroxylation is 1. The number of thiazole rings is 2. The smallest absolute Gasteiger partial charge is 0.291 e. The second kappa shape index (κ2) is 7.27. The summed E-state index contributed by atoms with van der Waals surface area (Å²) in [4.78, 5) is 26.4. The fourth-order valence-corrected chi connectivity index (χ4v) is 5.19. The van der Waals surface area contributed by atoms with Gasteiger partial charge in [-0.05, 0) is 12.1 Å². The number of rotatable bonds is 5. The van der Waals surface area contributed by atoms with Crippen molar-refractivity contribution in [3.8, 4) is 0 Å². The quantitative estimate of drug-likeness (QED) is 0.428. The fourth-order valence-electron chi connectivity index (χ4n) is 3.42. The topological polar surface area (TPSA) is 125 Å². The lowest BCUT2D eigenvalue weighted by Gasteiger charge is -2.05. The molecule has 0 aliphatic heterocycles. The van der Waals surface area contributed by atoms with Crippen LogP contribution in [0.5, 0.6) is 0 Å². The summed E-state index contributed by atoms with van der Waals surface area (Å²) in [5.41, 5.74) is 8.40. The van der Waals surface area contributed by atoms with Crippen molar-refractivity contribution < 1.29 is 5.11 Å². The van der Waals surface area contributed by atoms with E-state index < -0.39 is 0 Å². The van der Waals surface area contributed by atoms with E-state index in [0.717, 1.165) is 26.4 Å². The van der Waals surface area contributed by atoms with Crippen LogP contribution in [0.4, 0.5) is 5.82 Å². The number of aromatic nitrogens is 6. The second-order valence-corrected chi connectivity index (χ2v) is 8.84. The van der Waals surface area contributed by atoms with Crippen LogP contribution in [0.15, 0.2) is 34.6 Å². The number of aliphatic hydroxyl groups excluding tert-OH is 1. The van der Waals surface area contributed by atoms with Crippen LogP contribution in [-0.2, 0) is 26.6 Å². The number of hydrogen-bond acceptors (Lipinski definition) is 9. The Kier molecular flexibility index (Phi) is 4.57. The van der Waals surface area contributed by atoms with Gasteiger partial charge in [0, 0.05) is 24.2 Å². The summed E-state index contributed by atoms with van der Waals surface area (Å²) < 4.78 is 4.14. The number of fused-ring (bicyclic) bond motifs is 3. The highest BCUT2D eigenvalue weighted by Crippen LogP contribution is 2.31. The van der Waals surface area contributed by atoms with E-state index in [9.17, 15) is 9.90 Å². The highest BCUT2D eigenvalue weighted by atomic mass is 32.1. The molecular weight excluding hydrogens is 422 g/mol. The van der Waals surface area contributed by atoms with Crippen LogP contribution in [-0.4, -0.2) is 34.4 Å². The summed E-state index contributed by atoms with van der Waals surface area (Å²) >= 11 is 2.96. The molecule has 0 radical (unpaired) electrons. The van der Waals surface area contributed by atoms with E-state index in [0.29, 0.717) is 28.5 Å². The first-order chi connectivity index (χ1) is 14.5.